The third-order valence-corrected chi connectivity index (χ3v) is 3.23. The first kappa shape index (κ1) is 15.6. The molecule has 6 nitrogen and oxygen atoms in total. The predicted molar refractivity (Wildman–Crippen MR) is 89.1 cm³/mol. The zero-order valence-corrected chi connectivity index (χ0v) is 13.0. The Morgan fingerprint density at radius 2 is 2.08 bits per heavy atom. The van der Waals surface area contributed by atoms with Crippen LogP contribution in [0.4, 0.5) is 4.79 Å². The molecule has 2 aromatic heterocycles. The summed E-state index contributed by atoms with van der Waals surface area (Å²) in [6.07, 6.45) is 3.43. The lowest BCUT2D eigenvalue weighted by atomic mass is 10.2. The van der Waals surface area contributed by atoms with Gasteiger partial charge >= 0.3 is 6.09 Å². The lowest BCUT2D eigenvalue weighted by Gasteiger charge is -2.05. The van der Waals surface area contributed by atoms with Crippen LogP contribution in [-0.4, -0.2) is 27.2 Å². The second-order valence-corrected chi connectivity index (χ2v) is 4.98. The van der Waals surface area contributed by atoms with Crippen molar-refractivity contribution in [3.63, 3.8) is 0 Å². The van der Waals surface area contributed by atoms with E-state index < -0.39 is 6.09 Å². The van der Waals surface area contributed by atoms with E-state index in [1.165, 1.54) is 0 Å². The maximum Gasteiger partial charge on any atom is 0.407 e. The Morgan fingerprint density at radius 3 is 2.96 bits per heavy atom. The SMILES string of the molecule is O=C(NCCC#Cc1cnc2cccnn12)OCc1ccccc1. The van der Waals surface area contributed by atoms with Crippen LogP contribution in [0.15, 0.2) is 54.9 Å². The molecule has 1 amide bonds. The topological polar surface area (TPSA) is 68.5 Å². The van der Waals surface area contributed by atoms with E-state index >= 15 is 0 Å². The van der Waals surface area contributed by atoms with Gasteiger partial charge in [0.15, 0.2) is 5.65 Å². The molecule has 0 spiro atoms. The van der Waals surface area contributed by atoms with Gasteiger partial charge in [0.05, 0.1) is 6.20 Å². The van der Waals surface area contributed by atoms with E-state index in [4.69, 9.17) is 4.74 Å². The molecular formula is C18H16N4O2. The molecular weight excluding hydrogens is 304 g/mol. The average Bonchev–Trinajstić information content (AvgIpc) is 3.04. The highest BCUT2D eigenvalue weighted by molar-refractivity contribution is 5.67. The van der Waals surface area contributed by atoms with E-state index in [1.807, 2.05) is 42.5 Å². The number of rotatable bonds is 4. The molecule has 1 N–H and O–H groups in total. The number of hydrogen-bond acceptors (Lipinski definition) is 4. The largest absolute Gasteiger partial charge is 0.445 e. The molecule has 0 unspecified atom stereocenters. The van der Waals surface area contributed by atoms with Crippen molar-refractivity contribution in [1.82, 2.24) is 19.9 Å². The highest BCUT2D eigenvalue weighted by Gasteiger charge is 2.01. The van der Waals surface area contributed by atoms with E-state index in [2.05, 4.69) is 27.2 Å². The smallest absolute Gasteiger partial charge is 0.407 e. The van der Waals surface area contributed by atoms with Crippen molar-refractivity contribution in [3.05, 3.63) is 66.1 Å². The maximum atomic E-state index is 11.6. The Labute approximate surface area is 139 Å². The lowest BCUT2D eigenvalue weighted by molar-refractivity contribution is 0.140. The predicted octanol–water partition coefficient (Wildman–Crippen LogP) is 2.40. The Balaban J connectivity index is 1.42. The zero-order valence-electron chi connectivity index (χ0n) is 13.0. The summed E-state index contributed by atoms with van der Waals surface area (Å²) in [4.78, 5) is 15.8. The minimum atomic E-state index is -0.447. The fourth-order valence-electron chi connectivity index (χ4n) is 2.07. The van der Waals surface area contributed by atoms with Gasteiger partial charge in [0.25, 0.3) is 0 Å². The standard InChI is InChI=1S/C18H16N4O2/c23-18(24-14-15-7-2-1-3-8-15)19-11-5-4-9-16-13-20-17-10-6-12-21-22(16)17/h1-3,6-8,10,12-13H,5,11,14H2,(H,19,23). The fourth-order valence-corrected chi connectivity index (χ4v) is 2.07. The molecule has 0 bridgehead atoms. The number of benzene rings is 1. The number of imidazole rings is 1. The first-order chi connectivity index (χ1) is 11.8. The van der Waals surface area contributed by atoms with Crippen LogP contribution >= 0.6 is 0 Å². The number of ether oxygens (including phenoxy) is 1. The molecule has 2 heterocycles. The third-order valence-electron chi connectivity index (χ3n) is 3.23. The number of hydrogen-bond donors (Lipinski definition) is 1. The van der Waals surface area contributed by atoms with Crippen molar-refractivity contribution in [1.29, 1.82) is 0 Å². The highest BCUT2D eigenvalue weighted by atomic mass is 16.5. The Hall–Kier alpha value is -3.33. The number of carbonyl (C=O) groups excluding carboxylic acids is 1. The molecule has 24 heavy (non-hydrogen) atoms. The summed E-state index contributed by atoms with van der Waals surface area (Å²) in [5.74, 6) is 5.98. The van der Waals surface area contributed by atoms with Gasteiger partial charge in [-0.1, -0.05) is 36.3 Å². The molecule has 1 aromatic carbocycles. The molecule has 120 valence electrons. The molecule has 6 heteroatoms. The number of aromatic nitrogens is 3. The summed E-state index contributed by atoms with van der Waals surface area (Å²) in [5.41, 5.74) is 2.43. The average molecular weight is 320 g/mol. The second kappa shape index (κ2) is 7.79. The molecule has 0 saturated carbocycles. The van der Waals surface area contributed by atoms with Crippen LogP contribution < -0.4 is 5.32 Å². The van der Waals surface area contributed by atoms with Crippen molar-refractivity contribution in [2.45, 2.75) is 13.0 Å². The molecule has 0 aliphatic rings. The first-order valence-corrected chi connectivity index (χ1v) is 7.55. The van der Waals surface area contributed by atoms with Crippen LogP contribution in [0, 0.1) is 11.8 Å². The van der Waals surface area contributed by atoms with Crippen molar-refractivity contribution in [2.24, 2.45) is 0 Å². The van der Waals surface area contributed by atoms with Crippen molar-refractivity contribution in [3.8, 4) is 11.8 Å². The van der Waals surface area contributed by atoms with Gasteiger partial charge in [0.1, 0.15) is 12.3 Å². The van der Waals surface area contributed by atoms with Gasteiger partial charge in [-0.15, -0.1) is 0 Å². The van der Waals surface area contributed by atoms with Crippen molar-refractivity contribution in [2.75, 3.05) is 6.54 Å². The molecule has 0 aliphatic carbocycles. The Bertz CT molecular complexity index is 878. The van der Waals surface area contributed by atoms with Crippen LogP contribution in [0.1, 0.15) is 17.7 Å². The molecule has 3 rings (SSSR count). The number of nitrogens with zero attached hydrogens (tertiary/aromatic N) is 3. The summed E-state index contributed by atoms with van der Waals surface area (Å²) in [5, 5.41) is 6.85. The Kier molecular flexibility index (Phi) is 5.05. The van der Waals surface area contributed by atoms with Gasteiger partial charge in [-0.05, 0) is 23.6 Å². The second-order valence-electron chi connectivity index (χ2n) is 4.98. The van der Waals surface area contributed by atoms with Gasteiger partial charge in [0.2, 0.25) is 0 Å². The van der Waals surface area contributed by atoms with E-state index in [0.29, 0.717) is 13.0 Å². The summed E-state index contributed by atoms with van der Waals surface area (Å²) >= 11 is 0. The minimum Gasteiger partial charge on any atom is -0.445 e. The minimum absolute atomic E-state index is 0.256. The highest BCUT2D eigenvalue weighted by Crippen LogP contribution is 2.02. The Morgan fingerprint density at radius 1 is 1.21 bits per heavy atom. The van der Waals surface area contributed by atoms with E-state index in [9.17, 15) is 4.79 Å². The van der Waals surface area contributed by atoms with Crippen LogP contribution in [0.3, 0.4) is 0 Å². The fraction of sp³-hybridized carbons (Fsp3) is 0.167. The molecule has 3 aromatic rings. The summed E-state index contributed by atoms with van der Waals surface area (Å²) in [6, 6.07) is 13.2. The number of alkyl carbamates (subject to hydrolysis) is 1. The normalized spacial score (nSPS) is 10.0. The third kappa shape index (κ3) is 4.11. The summed E-state index contributed by atoms with van der Waals surface area (Å²) < 4.78 is 6.79. The molecule has 0 atom stereocenters. The van der Waals surface area contributed by atoms with Crippen LogP contribution in [0.25, 0.3) is 5.65 Å². The van der Waals surface area contributed by atoms with Gasteiger partial charge in [-0.25, -0.2) is 14.3 Å². The summed E-state index contributed by atoms with van der Waals surface area (Å²) in [6.45, 7) is 0.677. The molecule has 0 aliphatic heterocycles. The monoisotopic (exact) mass is 320 g/mol. The lowest BCUT2D eigenvalue weighted by Crippen LogP contribution is -2.24. The van der Waals surface area contributed by atoms with Crippen LogP contribution in [0.5, 0.6) is 0 Å². The van der Waals surface area contributed by atoms with Gasteiger partial charge in [-0.3, -0.25) is 0 Å². The first-order valence-electron chi connectivity index (χ1n) is 7.55. The number of amides is 1. The van der Waals surface area contributed by atoms with Gasteiger partial charge < -0.3 is 10.1 Å². The number of fused-ring (bicyclic) bond motifs is 1. The van der Waals surface area contributed by atoms with E-state index in [-0.39, 0.29) is 6.61 Å². The maximum absolute atomic E-state index is 11.6. The van der Waals surface area contributed by atoms with Gasteiger partial charge in [-0.2, -0.15) is 5.10 Å². The van der Waals surface area contributed by atoms with E-state index in [0.717, 1.165) is 16.9 Å². The summed E-state index contributed by atoms with van der Waals surface area (Å²) in [7, 11) is 0. The van der Waals surface area contributed by atoms with Crippen molar-refractivity contribution >= 4 is 11.7 Å². The van der Waals surface area contributed by atoms with Crippen molar-refractivity contribution < 1.29 is 9.53 Å². The zero-order chi connectivity index (χ0) is 16.6. The van der Waals surface area contributed by atoms with E-state index in [1.54, 1.807) is 16.9 Å². The number of nitrogens with one attached hydrogen (secondary N) is 1. The molecule has 0 saturated heterocycles. The van der Waals surface area contributed by atoms with Crippen LogP contribution in [-0.2, 0) is 11.3 Å². The van der Waals surface area contributed by atoms with Crippen LogP contribution in [0.2, 0.25) is 0 Å². The molecule has 0 radical (unpaired) electrons. The quantitative estimate of drug-likeness (QED) is 0.592. The molecule has 0 fully saturated rings. The number of carbonyl (C=O) groups is 1. The van der Waals surface area contributed by atoms with Gasteiger partial charge in [0, 0.05) is 19.2 Å².